The fourth-order valence-electron chi connectivity index (χ4n) is 3.58. The van der Waals surface area contributed by atoms with Crippen molar-refractivity contribution in [3.8, 4) is 11.5 Å². The van der Waals surface area contributed by atoms with E-state index in [0.29, 0.717) is 24.2 Å². The summed E-state index contributed by atoms with van der Waals surface area (Å²) in [7, 11) is 2.99. The van der Waals surface area contributed by atoms with Crippen LogP contribution in [-0.4, -0.2) is 54.2 Å². The van der Waals surface area contributed by atoms with E-state index < -0.39 is 17.7 Å². The number of aromatic hydroxyl groups is 1. The molecule has 1 atom stereocenters. The van der Waals surface area contributed by atoms with Crippen LogP contribution >= 0.6 is 0 Å². The molecule has 1 aliphatic heterocycles. The third-order valence-electron chi connectivity index (χ3n) is 5.13. The van der Waals surface area contributed by atoms with Gasteiger partial charge in [0.1, 0.15) is 5.76 Å². The van der Waals surface area contributed by atoms with Crippen molar-refractivity contribution in [2.75, 3.05) is 27.4 Å². The maximum Gasteiger partial charge on any atom is 0.295 e. The zero-order chi connectivity index (χ0) is 21.8. The third-order valence-corrected chi connectivity index (χ3v) is 5.13. The molecule has 1 unspecified atom stereocenters. The second kappa shape index (κ2) is 9.00. The molecule has 0 bridgehead atoms. The first-order valence-electron chi connectivity index (χ1n) is 9.60. The zero-order valence-electron chi connectivity index (χ0n) is 17.2. The molecule has 0 saturated carbocycles. The van der Waals surface area contributed by atoms with Crippen LogP contribution in [0.1, 0.15) is 29.2 Å². The Balaban J connectivity index is 2.13. The average Bonchev–Trinajstić information content (AvgIpc) is 2.99. The van der Waals surface area contributed by atoms with E-state index in [9.17, 15) is 19.8 Å². The van der Waals surface area contributed by atoms with Gasteiger partial charge >= 0.3 is 0 Å². The summed E-state index contributed by atoms with van der Waals surface area (Å²) < 4.78 is 10.2. The molecule has 1 fully saturated rings. The number of carbonyl (C=O) groups excluding carboxylic acids is 2. The van der Waals surface area contributed by atoms with E-state index in [1.165, 1.54) is 18.1 Å². The van der Waals surface area contributed by atoms with Crippen molar-refractivity contribution >= 4 is 17.4 Å². The van der Waals surface area contributed by atoms with Gasteiger partial charge in [0, 0.05) is 25.8 Å². The number of rotatable bonds is 7. The summed E-state index contributed by atoms with van der Waals surface area (Å²) in [6.07, 6.45) is 0.521. The minimum atomic E-state index is -0.833. The monoisotopic (exact) mass is 411 g/mol. The molecule has 2 aromatic carbocycles. The number of phenols is 1. The van der Waals surface area contributed by atoms with Gasteiger partial charge in [0.25, 0.3) is 11.7 Å². The molecule has 1 amide bonds. The number of methoxy groups -OCH3 is 2. The number of Topliss-reactive ketones (excluding diaryl/α,β-unsaturated/α-hetero) is 1. The minimum absolute atomic E-state index is 0.00848. The molecule has 7 heteroatoms. The molecule has 3 rings (SSSR count). The standard InChI is InChI=1S/C23H25NO6/c1-14-5-7-15(8-6-14)21(26)19-20(16-9-10-18(30-3)17(25)13-16)24(11-4-12-29-2)23(28)22(19)27/h5-10,13,20,25-26H,4,11-12H2,1-3H3/b21-19-. The highest BCUT2D eigenvalue weighted by atomic mass is 16.5. The highest BCUT2D eigenvalue weighted by Crippen LogP contribution is 2.41. The number of hydrogen-bond donors (Lipinski definition) is 2. The lowest BCUT2D eigenvalue weighted by Gasteiger charge is -2.25. The van der Waals surface area contributed by atoms with Crippen LogP contribution in [-0.2, 0) is 14.3 Å². The van der Waals surface area contributed by atoms with E-state index in [1.54, 1.807) is 31.4 Å². The number of aliphatic hydroxyl groups excluding tert-OH is 1. The van der Waals surface area contributed by atoms with Gasteiger partial charge < -0.3 is 24.6 Å². The smallest absolute Gasteiger partial charge is 0.295 e. The lowest BCUT2D eigenvalue weighted by molar-refractivity contribution is -0.140. The molecular formula is C23H25NO6. The summed E-state index contributed by atoms with van der Waals surface area (Å²) in [5.41, 5.74) is 1.94. The normalized spacial score (nSPS) is 18.1. The van der Waals surface area contributed by atoms with Crippen LogP contribution in [0.15, 0.2) is 48.0 Å². The Hall–Kier alpha value is -3.32. The van der Waals surface area contributed by atoms with Crippen LogP contribution in [0.25, 0.3) is 5.76 Å². The molecule has 2 aromatic rings. The van der Waals surface area contributed by atoms with Gasteiger partial charge in [-0.15, -0.1) is 0 Å². The van der Waals surface area contributed by atoms with E-state index in [2.05, 4.69) is 0 Å². The maximum atomic E-state index is 12.9. The van der Waals surface area contributed by atoms with Gasteiger partial charge in [0.05, 0.1) is 18.7 Å². The van der Waals surface area contributed by atoms with Crippen molar-refractivity contribution in [2.24, 2.45) is 0 Å². The number of aliphatic hydroxyl groups is 1. The number of hydrogen-bond acceptors (Lipinski definition) is 6. The predicted molar refractivity (Wildman–Crippen MR) is 111 cm³/mol. The van der Waals surface area contributed by atoms with Crippen molar-refractivity contribution in [1.29, 1.82) is 0 Å². The van der Waals surface area contributed by atoms with Crippen LogP contribution in [0.2, 0.25) is 0 Å². The number of ketones is 1. The fraction of sp³-hybridized carbons (Fsp3) is 0.304. The molecule has 0 aromatic heterocycles. The summed E-state index contributed by atoms with van der Waals surface area (Å²) in [6.45, 7) is 2.60. The van der Waals surface area contributed by atoms with Crippen molar-refractivity contribution in [1.82, 2.24) is 4.90 Å². The molecule has 0 radical (unpaired) electrons. The molecule has 158 valence electrons. The highest BCUT2D eigenvalue weighted by molar-refractivity contribution is 6.46. The van der Waals surface area contributed by atoms with Crippen molar-refractivity contribution in [3.63, 3.8) is 0 Å². The van der Waals surface area contributed by atoms with Gasteiger partial charge in [-0.1, -0.05) is 35.9 Å². The molecule has 7 nitrogen and oxygen atoms in total. The third kappa shape index (κ3) is 4.02. The zero-order valence-corrected chi connectivity index (χ0v) is 17.2. The minimum Gasteiger partial charge on any atom is -0.507 e. The molecule has 0 aliphatic carbocycles. The SMILES string of the molecule is COCCCN1C(=O)C(=O)/C(=C(\O)c2ccc(C)cc2)C1c1ccc(OC)c(O)c1. The van der Waals surface area contributed by atoms with E-state index in [4.69, 9.17) is 9.47 Å². The number of benzene rings is 2. The Kier molecular flexibility index (Phi) is 6.42. The van der Waals surface area contributed by atoms with Gasteiger partial charge in [-0.2, -0.15) is 0 Å². The van der Waals surface area contributed by atoms with Crippen LogP contribution in [0.3, 0.4) is 0 Å². The summed E-state index contributed by atoms with van der Waals surface area (Å²) in [4.78, 5) is 27.1. The van der Waals surface area contributed by atoms with Crippen molar-refractivity contribution in [3.05, 3.63) is 64.7 Å². The number of amides is 1. The van der Waals surface area contributed by atoms with E-state index in [1.807, 2.05) is 19.1 Å². The summed E-state index contributed by atoms with van der Waals surface area (Å²) in [6, 6.07) is 10.9. The fourth-order valence-corrected chi connectivity index (χ4v) is 3.58. The molecule has 30 heavy (non-hydrogen) atoms. The molecule has 1 aliphatic rings. The predicted octanol–water partition coefficient (Wildman–Crippen LogP) is 3.17. The first-order valence-corrected chi connectivity index (χ1v) is 9.60. The summed E-state index contributed by atoms with van der Waals surface area (Å²) in [5.74, 6) is -1.55. The number of phenolic OH excluding ortho intramolecular Hbond substituents is 1. The molecule has 1 heterocycles. The van der Waals surface area contributed by atoms with E-state index in [0.717, 1.165) is 5.56 Å². The van der Waals surface area contributed by atoms with Crippen LogP contribution < -0.4 is 4.74 Å². The number of likely N-dealkylation sites (tertiary alicyclic amines) is 1. The summed E-state index contributed by atoms with van der Waals surface area (Å²) >= 11 is 0. The van der Waals surface area contributed by atoms with Crippen LogP contribution in [0.4, 0.5) is 0 Å². The quantitative estimate of drug-likeness (QED) is 0.314. The van der Waals surface area contributed by atoms with Crippen molar-refractivity contribution in [2.45, 2.75) is 19.4 Å². The largest absolute Gasteiger partial charge is 0.507 e. The Morgan fingerprint density at radius 3 is 2.40 bits per heavy atom. The molecule has 2 N–H and O–H groups in total. The highest BCUT2D eigenvalue weighted by Gasteiger charge is 2.46. The molecule has 0 spiro atoms. The van der Waals surface area contributed by atoms with Gasteiger partial charge in [-0.05, 0) is 31.0 Å². The Bertz CT molecular complexity index is 980. The second-order valence-corrected chi connectivity index (χ2v) is 7.14. The van der Waals surface area contributed by atoms with Crippen LogP contribution in [0.5, 0.6) is 11.5 Å². The lowest BCUT2D eigenvalue weighted by atomic mass is 9.94. The first-order chi connectivity index (χ1) is 14.4. The lowest BCUT2D eigenvalue weighted by Crippen LogP contribution is -2.31. The van der Waals surface area contributed by atoms with E-state index in [-0.39, 0.29) is 29.4 Å². The van der Waals surface area contributed by atoms with Crippen LogP contribution in [0, 0.1) is 6.92 Å². The Morgan fingerprint density at radius 1 is 1.10 bits per heavy atom. The second-order valence-electron chi connectivity index (χ2n) is 7.14. The number of ether oxygens (including phenoxy) is 2. The first kappa shape index (κ1) is 21.4. The number of nitrogens with zero attached hydrogens (tertiary/aromatic N) is 1. The number of carbonyl (C=O) groups is 2. The van der Waals surface area contributed by atoms with Gasteiger partial charge in [-0.3, -0.25) is 9.59 Å². The summed E-state index contributed by atoms with van der Waals surface area (Å²) in [5, 5.41) is 21.2. The Morgan fingerprint density at radius 2 is 1.80 bits per heavy atom. The van der Waals surface area contributed by atoms with Gasteiger partial charge in [0.2, 0.25) is 0 Å². The van der Waals surface area contributed by atoms with E-state index >= 15 is 0 Å². The number of aryl methyl sites for hydroxylation is 1. The van der Waals surface area contributed by atoms with Gasteiger partial charge in [-0.25, -0.2) is 0 Å². The molecule has 1 saturated heterocycles. The maximum absolute atomic E-state index is 12.9. The average molecular weight is 411 g/mol. The Labute approximate surface area is 175 Å². The van der Waals surface area contributed by atoms with Crippen molar-refractivity contribution < 1.29 is 29.3 Å². The molecular weight excluding hydrogens is 386 g/mol. The van der Waals surface area contributed by atoms with Gasteiger partial charge in [0.15, 0.2) is 11.5 Å². The topological polar surface area (TPSA) is 96.3 Å².